The Morgan fingerprint density at radius 2 is 2.03 bits per heavy atom. The number of anilines is 1. The number of rotatable bonds is 7. The van der Waals surface area contributed by atoms with Gasteiger partial charge in [-0.15, -0.1) is 0 Å². The van der Waals surface area contributed by atoms with E-state index in [0.717, 1.165) is 79.1 Å². The van der Waals surface area contributed by atoms with Crippen molar-refractivity contribution in [2.75, 3.05) is 24.5 Å². The Bertz CT molecular complexity index is 1290. The average molecular weight is 506 g/mol. The molecule has 186 valence electrons. The van der Waals surface area contributed by atoms with Crippen molar-refractivity contribution in [3.8, 4) is 11.3 Å². The van der Waals surface area contributed by atoms with Gasteiger partial charge in [0.1, 0.15) is 5.76 Å². The number of amides is 2. The van der Waals surface area contributed by atoms with Crippen LogP contribution in [-0.2, 0) is 11.3 Å². The van der Waals surface area contributed by atoms with Crippen molar-refractivity contribution in [3.05, 3.63) is 58.2 Å². The highest BCUT2D eigenvalue weighted by atomic mass is 32.2. The zero-order valence-corrected chi connectivity index (χ0v) is 21.0. The van der Waals surface area contributed by atoms with E-state index in [9.17, 15) is 9.59 Å². The van der Waals surface area contributed by atoms with Gasteiger partial charge < -0.3 is 14.7 Å². The molecule has 36 heavy (non-hydrogen) atoms. The van der Waals surface area contributed by atoms with Crippen LogP contribution in [0.3, 0.4) is 0 Å². The molecular formula is C25H27N7O3S. The zero-order chi connectivity index (χ0) is 25.1. The molecular weight excluding hydrogens is 478 g/mol. The molecule has 3 aromatic heterocycles. The average Bonchev–Trinajstić information content (AvgIpc) is 3.38. The quantitative estimate of drug-likeness (QED) is 0.461. The van der Waals surface area contributed by atoms with E-state index in [1.165, 1.54) is 0 Å². The summed E-state index contributed by atoms with van der Waals surface area (Å²) in [5, 5.41) is 9.58. The fourth-order valence-corrected chi connectivity index (χ4v) is 5.19. The van der Waals surface area contributed by atoms with Crippen LogP contribution < -0.4 is 15.5 Å². The number of thioether (sulfide) groups is 1. The van der Waals surface area contributed by atoms with Crippen molar-refractivity contribution in [3.63, 3.8) is 0 Å². The van der Waals surface area contributed by atoms with E-state index in [2.05, 4.69) is 41.7 Å². The van der Waals surface area contributed by atoms with Crippen molar-refractivity contribution in [2.45, 2.75) is 33.2 Å². The van der Waals surface area contributed by atoms with E-state index in [0.29, 0.717) is 22.5 Å². The summed E-state index contributed by atoms with van der Waals surface area (Å²) < 4.78 is 5.34. The first-order valence-corrected chi connectivity index (χ1v) is 12.7. The molecule has 0 bridgehead atoms. The van der Waals surface area contributed by atoms with E-state index < -0.39 is 0 Å². The van der Waals surface area contributed by atoms with E-state index in [1.54, 1.807) is 24.5 Å². The largest absolute Gasteiger partial charge is 0.361 e. The number of piperidine rings is 1. The normalized spacial score (nSPS) is 17.7. The zero-order valence-electron chi connectivity index (χ0n) is 20.2. The highest BCUT2D eigenvalue weighted by Crippen LogP contribution is 2.28. The van der Waals surface area contributed by atoms with Crippen LogP contribution in [0.4, 0.5) is 10.7 Å². The van der Waals surface area contributed by atoms with Gasteiger partial charge in [0.25, 0.3) is 11.1 Å². The van der Waals surface area contributed by atoms with Gasteiger partial charge in [-0.2, -0.15) is 0 Å². The summed E-state index contributed by atoms with van der Waals surface area (Å²) in [4.78, 5) is 39.3. The molecule has 0 aromatic carbocycles. The molecule has 0 unspecified atom stereocenters. The third-order valence-electron chi connectivity index (χ3n) is 6.39. The molecule has 0 saturated carbocycles. The van der Waals surface area contributed by atoms with Crippen LogP contribution >= 0.6 is 11.8 Å². The first-order chi connectivity index (χ1) is 17.5. The number of pyridine rings is 1. The monoisotopic (exact) mass is 505 g/mol. The minimum atomic E-state index is -0.386. The van der Waals surface area contributed by atoms with Gasteiger partial charge in [-0.25, -0.2) is 9.97 Å². The number of imide groups is 1. The fourth-order valence-electron chi connectivity index (χ4n) is 4.53. The summed E-state index contributed by atoms with van der Waals surface area (Å²) in [7, 11) is 0. The highest BCUT2D eigenvalue weighted by molar-refractivity contribution is 8.18. The van der Waals surface area contributed by atoms with Gasteiger partial charge in [0.2, 0.25) is 5.95 Å². The Balaban J connectivity index is 1.15. The molecule has 2 aliphatic rings. The predicted octanol–water partition coefficient (Wildman–Crippen LogP) is 3.47. The van der Waals surface area contributed by atoms with E-state index in [4.69, 9.17) is 4.52 Å². The number of carbonyl (C=O) groups excluding carboxylic acids is 2. The summed E-state index contributed by atoms with van der Waals surface area (Å²) in [6.45, 7) is 7.21. The van der Waals surface area contributed by atoms with Gasteiger partial charge >= 0.3 is 0 Å². The van der Waals surface area contributed by atoms with Crippen LogP contribution in [0.1, 0.15) is 35.6 Å². The molecule has 2 aliphatic heterocycles. The Labute approximate surface area is 213 Å². The van der Waals surface area contributed by atoms with E-state index >= 15 is 0 Å². The predicted molar refractivity (Wildman–Crippen MR) is 137 cm³/mol. The number of hydrogen-bond donors (Lipinski definition) is 2. The summed E-state index contributed by atoms with van der Waals surface area (Å²) in [6, 6.07) is 5.78. The lowest BCUT2D eigenvalue weighted by Crippen LogP contribution is -2.38. The first kappa shape index (κ1) is 24.1. The van der Waals surface area contributed by atoms with Crippen LogP contribution in [-0.4, -0.2) is 50.9 Å². The molecule has 10 nitrogen and oxygen atoms in total. The van der Waals surface area contributed by atoms with E-state index in [1.807, 2.05) is 19.9 Å². The van der Waals surface area contributed by atoms with Crippen LogP contribution in [0.2, 0.25) is 0 Å². The fraction of sp³-hybridized carbons (Fsp3) is 0.360. The van der Waals surface area contributed by atoms with Gasteiger partial charge in [-0.3, -0.25) is 19.9 Å². The SMILES string of the molecule is Cc1noc(C)c1-c1ncccc1CNCC1CCN(c2nccc(/C=C3/SC(=O)NC3=O)n2)CC1. The number of hydrogen-bond acceptors (Lipinski definition) is 10. The van der Waals surface area contributed by atoms with Crippen LogP contribution in [0.15, 0.2) is 40.0 Å². The lowest BCUT2D eigenvalue weighted by Gasteiger charge is -2.32. The van der Waals surface area contributed by atoms with Crippen LogP contribution in [0.25, 0.3) is 17.3 Å². The summed E-state index contributed by atoms with van der Waals surface area (Å²) >= 11 is 0.886. The summed E-state index contributed by atoms with van der Waals surface area (Å²) in [5.41, 5.74) is 4.47. The Hall–Kier alpha value is -3.57. The molecule has 3 aromatic rings. The van der Waals surface area contributed by atoms with Crippen LogP contribution in [0.5, 0.6) is 0 Å². The molecule has 0 aliphatic carbocycles. The van der Waals surface area contributed by atoms with Crippen molar-refractivity contribution in [1.29, 1.82) is 0 Å². The molecule has 0 spiro atoms. The second kappa shape index (κ2) is 10.6. The molecule has 2 amide bonds. The maximum absolute atomic E-state index is 11.8. The van der Waals surface area contributed by atoms with Crippen LogP contribution in [0, 0.1) is 19.8 Å². The summed E-state index contributed by atoms with van der Waals surface area (Å²) in [5.74, 6) is 1.59. The van der Waals surface area contributed by atoms with Crippen molar-refractivity contribution < 1.29 is 14.1 Å². The van der Waals surface area contributed by atoms with Crippen molar-refractivity contribution in [2.24, 2.45) is 5.92 Å². The standard InChI is InChI=1S/C25H27N7O3S/c1-15-21(16(2)35-31-15)22-18(4-3-8-27-22)14-26-13-17-6-10-32(11-7-17)24-28-9-5-19(29-24)12-20-23(33)30-25(34)36-20/h3-5,8-9,12,17,26H,6-7,10-11,13-14H2,1-2H3,(H,30,33,34)/b20-12+. The summed E-state index contributed by atoms with van der Waals surface area (Å²) in [6.07, 6.45) is 7.17. The number of aryl methyl sites for hydroxylation is 2. The van der Waals surface area contributed by atoms with E-state index in [-0.39, 0.29) is 11.1 Å². The van der Waals surface area contributed by atoms with Gasteiger partial charge in [0.05, 0.1) is 27.6 Å². The minimum Gasteiger partial charge on any atom is -0.361 e. The third-order valence-corrected chi connectivity index (χ3v) is 7.20. The molecule has 2 saturated heterocycles. The number of nitrogens with one attached hydrogen (secondary N) is 2. The van der Waals surface area contributed by atoms with Gasteiger partial charge in [-0.1, -0.05) is 11.2 Å². The van der Waals surface area contributed by atoms with Crippen molar-refractivity contribution in [1.82, 2.24) is 30.7 Å². The number of nitrogens with zero attached hydrogens (tertiary/aromatic N) is 5. The molecule has 2 fully saturated rings. The molecule has 5 heterocycles. The minimum absolute atomic E-state index is 0.348. The molecule has 2 N–H and O–H groups in total. The lowest BCUT2D eigenvalue weighted by molar-refractivity contribution is -0.115. The lowest BCUT2D eigenvalue weighted by atomic mass is 9.96. The van der Waals surface area contributed by atoms with Gasteiger partial charge in [0.15, 0.2) is 0 Å². The molecule has 5 rings (SSSR count). The van der Waals surface area contributed by atoms with Crippen molar-refractivity contribution >= 4 is 34.9 Å². The smallest absolute Gasteiger partial charge is 0.290 e. The first-order valence-electron chi connectivity index (χ1n) is 11.9. The molecule has 11 heteroatoms. The Morgan fingerprint density at radius 3 is 2.75 bits per heavy atom. The molecule has 0 radical (unpaired) electrons. The Morgan fingerprint density at radius 1 is 1.19 bits per heavy atom. The topological polar surface area (TPSA) is 126 Å². The second-order valence-corrected chi connectivity index (χ2v) is 9.92. The second-order valence-electron chi connectivity index (χ2n) is 8.91. The highest BCUT2D eigenvalue weighted by Gasteiger charge is 2.26. The maximum atomic E-state index is 11.8. The molecule has 0 atom stereocenters. The Kier molecular flexibility index (Phi) is 7.10. The third kappa shape index (κ3) is 5.31. The maximum Gasteiger partial charge on any atom is 0.290 e. The van der Waals surface area contributed by atoms with Gasteiger partial charge in [-0.05, 0) is 74.7 Å². The number of carbonyl (C=O) groups is 2. The number of aromatic nitrogens is 4. The van der Waals surface area contributed by atoms with Gasteiger partial charge in [0, 0.05) is 32.0 Å².